The largest absolute Gasteiger partial charge is 0.368 e. The lowest BCUT2D eigenvalue weighted by Crippen LogP contribution is -2.48. The van der Waals surface area contributed by atoms with Crippen molar-refractivity contribution in [2.24, 2.45) is 0 Å². The van der Waals surface area contributed by atoms with E-state index >= 15 is 0 Å². The van der Waals surface area contributed by atoms with Crippen LogP contribution in [0.25, 0.3) is 0 Å². The molecule has 1 N–H and O–H groups in total. The van der Waals surface area contributed by atoms with Crippen molar-refractivity contribution in [3.8, 4) is 0 Å². The number of nitrogens with one attached hydrogen (secondary N) is 1. The van der Waals surface area contributed by atoms with Gasteiger partial charge in [0.25, 0.3) is 5.91 Å². The summed E-state index contributed by atoms with van der Waals surface area (Å²) in [6.07, 6.45) is 3.29. The third-order valence-electron chi connectivity index (χ3n) is 6.09. The minimum atomic E-state index is -0.0866. The highest BCUT2D eigenvalue weighted by Crippen LogP contribution is 2.24. The third-order valence-corrected chi connectivity index (χ3v) is 6.09. The third kappa shape index (κ3) is 4.14. The lowest BCUT2D eigenvalue weighted by atomic mass is 10.1. The van der Waals surface area contributed by atoms with E-state index in [0.29, 0.717) is 31.7 Å². The molecular weight excluding hydrogens is 402 g/mol. The number of carbonyl (C=O) groups is 2. The predicted octanol–water partition coefficient (Wildman–Crippen LogP) is 3.59. The summed E-state index contributed by atoms with van der Waals surface area (Å²) in [6, 6.07) is 19.6. The zero-order valence-electron chi connectivity index (χ0n) is 17.8. The van der Waals surface area contributed by atoms with Gasteiger partial charge in [0.15, 0.2) is 0 Å². The first-order valence-electron chi connectivity index (χ1n) is 10.8. The highest BCUT2D eigenvalue weighted by atomic mass is 16.2. The number of urea groups is 1. The van der Waals surface area contributed by atoms with Crippen LogP contribution < -0.4 is 10.2 Å². The fourth-order valence-corrected chi connectivity index (χ4v) is 4.27. The number of carbonyl (C=O) groups excluding carboxylic acids is 2. The number of aromatic nitrogens is 1. The van der Waals surface area contributed by atoms with E-state index in [4.69, 9.17) is 0 Å². The van der Waals surface area contributed by atoms with Gasteiger partial charge in [0.05, 0.1) is 5.56 Å². The number of benzene rings is 2. The maximum absolute atomic E-state index is 12.6. The normalized spacial score (nSPS) is 15.4. The smallest absolute Gasteiger partial charge is 0.322 e. The zero-order chi connectivity index (χ0) is 21.9. The Morgan fingerprint density at radius 2 is 1.47 bits per heavy atom. The first-order valence-corrected chi connectivity index (χ1v) is 10.8. The number of anilines is 2. The second-order valence-electron chi connectivity index (χ2n) is 8.12. The van der Waals surface area contributed by atoms with Gasteiger partial charge in [-0.2, -0.15) is 0 Å². The standard InChI is InChI=1S/C25H25N5O2/c31-24(19-6-3-11-26-16-19)29-14-12-28(13-15-29)23-9-7-22(8-10-23)27-25(32)30-17-20-4-1-2-5-21(20)18-30/h1-11,16H,12-15,17-18H2,(H,27,32). The average Bonchev–Trinajstić information content (AvgIpc) is 3.29. The van der Waals surface area contributed by atoms with Crippen LogP contribution in [0.4, 0.5) is 16.2 Å². The van der Waals surface area contributed by atoms with Gasteiger partial charge in [-0.15, -0.1) is 0 Å². The molecule has 7 nitrogen and oxygen atoms in total. The molecule has 0 unspecified atom stereocenters. The van der Waals surface area contributed by atoms with E-state index in [-0.39, 0.29) is 11.9 Å². The molecule has 1 fully saturated rings. The van der Waals surface area contributed by atoms with Gasteiger partial charge in [0.2, 0.25) is 0 Å². The molecule has 1 saturated heterocycles. The minimum absolute atomic E-state index is 0.0277. The first-order chi connectivity index (χ1) is 15.7. The Morgan fingerprint density at radius 1 is 0.781 bits per heavy atom. The molecule has 3 heterocycles. The topological polar surface area (TPSA) is 68.8 Å². The number of piperazine rings is 1. The highest BCUT2D eigenvalue weighted by molar-refractivity contribution is 5.94. The minimum Gasteiger partial charge on any atom is -0.368 e. The van der Waals surface area contributed by atoms with Crippen LogP contribution in [0.2, 0.25) is 0 Å². The number of rotatable bonds is 3. The Labute approximate surface area is 187 Å². The van der Waals surface area contributed by atoms with Crippen molar-refractivity contribution >= 4 is 23.3 Å². The van der Waals surface area contributed by atoms with Crippen molar-refractivity contribution in [1.29, 1.82) is 0 Å². The molecule has 7 heteroatoms. The van der Waals surface area contributed by atoms with Crippen molar-refractivity contribution in [2.45, 2.75) is 13.1 Å². The van der Waals surface area contributed by atoms with Crippen molar-refractivity contribution in [3.63, 3.8) is 0 Å². The SMILES string of the molecule is O=C(Nc1ccc(N2CCN(C(=O)c3cccnc3)CC2)cc1)N1Cc2ccccc2C1. The zero-order valence-corrected chi connectivity index (χ0v) is 17.8. The fraction of sp³-hybridized carbons (Fsp3) is 0.240. The van der Waals surface area contributed by atoms with E-state index in [1.165, 1.54) is 11.1 Å². The van der Waals surface area contributed by atoms with Crippen LogP contribution in [0.3, 0.4) is 0 Å². The van der Waals surface area contributed by atoms with Gasteiger partial charge in [-0.3, -0.25) is 9.78 Å². The van der Waals surface area contributed by atoms with Crippen LogP contribution in [-0.2, 0) is 13.1 Å². The molecule has 3 aromatic rings. The van der Waals surface area contributed by atoms with Gasteiger partial charge in [-0.05, 0) is 47.5 Å². The van der Waals surface area contributed by atoms with Crippen LogP contribution in [-0.4, -0.2) is 52.9 Å². The summed E-state index contributed by atoms with van der Waals surface area (Å²) in [5.74, 6) is 0.0277. The molecular formula is C25H25N5O2. The van der Waals surface area contributed by atoms with Gasteiger partial charge in [0.1, 0.15) is 0 Å². The van der Waals surface area contributed by atoms with Gasteiger partial charge in [-0.25, -0.2) is 4.79 Å². The second-order valence-corrected chi connectivity index (χ2v) is 8.12. The van der Waals surface area contributed by atoms with E-state index < -0.39 is 0 Å². The molecule has 162 valence electrons. The number of hydrogen-bond acceptors (Lipinski definition) is 4. The quantitative estimate of drug-likeness (QED) is 0.694. The molecule has 0 spiro atoms. The average molecular weight is 428 g/mol. The van der Waals surface area contributed by atoms with Crippen LogP contribution in [0.5, 0.6) is 0 Å². The van der Waals surface area contributed by atoms with E-state index in [2.05, 4.69) is 27.3 Å². The lowest BCUT2D eigenvalue weighted by Gasteiger charge is -2.36. The highest BCUT2D eigenvalue weighted by Gasteiger charge is 2.24. The first kappa shape index (κ1) is 20.1. The van der Waals surface area contributed by atoms with Crippen molar-refractivity contribution in [3.05, 3.63) is 89.7 Å². The fourth-order valence-electron chi connectivity index (χ4n) is 4.27. The molecule has 0 aliphatic carbocycles. The Kier molecular flexibility index (Phi) is 5.46. The predicted molar refractivity (Wildman–Crippen MR) is 124 cm³/mol. The van der Waals surface area contributed by atoms with Gasteiger partial charge < -0.3 is 20.0 Å². The van der Waals surface area contributed by atoms with Crippen molar-refractivity contribution in [1.82, 2.24) is 14.8 Å². The lowest BCUT2D eigenvalue weighted by molar-refractivity contribution is 0.0746. The summed E-state index contributed by atoms with van der Waals surface area (Å²) in [6.45, 7) is 4.15. The van der Waals surface area contributed by atoms with Crippen molar-refractivity contribution < 1.29 is 9.59 Å². The van der Waals surface area contributed by atoms with Crippen molar-refractivity contribution in [2.75, 3.05) is 36.4 Å². The second kappa shape index (κ2) is 8.70. The Balaban J connectivity index is 1.15. The van der Waals surface area contributed by atoms with E-state index in [1.54, 1.807) is 24.5 Å². The molecule has 2 aromatic carbocycles. The number of fused-ring (bicyclic) bond motifs is 1. The van der Waals surface area contributed by atoms with Crippen LogP contribution in [0, 0.1) is 0 Å². The molecule has 1 aromatic heterocycles. The van der Waals surface area contributed by atoms with Gasteiger partial charge >= 0.3 is 6.03 Å². The number of pyridine rings is 1. The molecule has 3 amide bonds. The van der Waals surface area contributed by atoms with Crippen LogP contribution in [0.1, 0.15) is 21.5 Å². The Bertz CT molecular complexity index is 1080. The van der Waals surface area contributed by atoms with Gasteiger partial charge in [-0.1, -0.05) is 24.3 Å². The summed E-state index contributed by atoms with van der Waals surface area (Å²) in [7, 11) is 0. The molecule has 2 aliphatic rings. The molecule has 0 saturated carbocycles. The maximum Gasteiger partial charge on any atom is 0.322 e. The number of amides is 3. The molecule has 0 radical (unpaired) electrons. The number of nitrogens with zero attached hydrogens (tertiary/aromatic N) is 4. The van der Waals surface area contributed by atoms with E-state index in [0.717, 1.165) is 24.5 Å². The Morgan fingerprint density at radius 3 is 2.09 bits per heavy atom. The molecule has 5 rings (SSSR count). The summed E-state index contributed by atoms with van der Waals surface area (Å²) in [4.78, 5) is 35.2. The molecule has 0 atom stereocenters. The monoisotopic (exact) mass is 427 g/mol. The summed E-state index contributed by atoms with van der Waals surface area (Å²) in [5, 5.41) is 3.00. The summed E-state index contributed by atoms with van der Waals surface area (Å²) >= 11 is 0. The summed E-state index contributed by atoms with van der Waals surface area (Å²) in [5.41, 5.74) is 4.91. The number of hydrogen-bond donors (Lipinski definition) is 1. The Hall–Kier alpha value is -3.87. The maximum atomic E-state index is 12.6. The molecule has 32 heavy (non-hydrogen) atoms. The molecule has 0 bridgehead atoms. The van der Waals surface area contributed by atoms with Crippen LogP contribution >= 0.6 is 0 Å². The van der Waals surface area contributed by atoms with Gasteiger partial charge in [0, 0.05) is 63.0 Å². The summed E-state index contributed by atoms with van der Waals surface area (Å²) < 4.78 is 0. The van der Waals surface area contributed by atoms with E-state index in [9.17, 15) is 9.59 Å². The van der Waals surface area contributed by atoms with Crippen LogP contribution in [0.15, 0.2) is 73.1 Å². The molecule has 2 aliphatic heterocycles. The van der Waals surface area contributed by atoms with E-state index in [1.807, 2.05) is 46.2 Å².